The van der Waals surface area contributed by atoms with Crippen LogP contribution in [0.4, 0.5) is 10.5 Å². The standard InChI is InChI=1S/C23H23N5O2S/c1-3-15-6-4-5-7-18(15)24-22(29)27-13-12-19-20(14-27)31-23-25-21(26-28(19)23)16-8-10-17(30-2)11-9-16/h4-11H,3,12-14H2,1-2H3,(H,24,29). The van der Waals surface area contributed by atoms with Gasteiger partial charge in [-0.05, 0) is 42.3 Å². The van der Waals surface area contributed by atoms with Crippen LogP contribution in [0.25, 0.3) is 16.3 Å². The number of hydrogen-bond acceptors (Lipinski definition) is 5. The van der Waals surface area contributed by atoms with Crippen molar-refractivity contribution in [1.82, 2.24) is 19.5 Å². The molecule has 8 heteroatoms. The molecule has 0 spiro atoms. The van der Waals surface area contributed by atoms with Crippen LogP contribution in [0.1, 0.15) is 23.1 Å². The molecule has 2 aromatic heterocycles. The first-order valence-corrected chi connectivity index (χ1v) is 11.1. The molecule has 1 N–H and O–H groups in total. The van der Waals surface area contributed by atoms with Gasteiger partial charge < -0.3 is 15.0 Å². The molecular weight excluding hydrogens is 410 g/mol. The second-order valence-corrected chi connectivity index (χ2v) is 8.50. The lowest BCUT2D eigenvalue weighted by molar-refractivity contribution is 0.206. The molecule has 158 valence electrons. The third-order valence-corrected chi connectivity index (χ3v) is 6.66. The van der Waals surface area contributed by atoms with E-state index in [1.54, 1.807) is 18.4 Å². The molecule has 0 fully saturated rings. The first-order valence-electron chi connectivity index (χ1n) is 10.3. The summed E-state index contributed by atoms with van der Waals surface area (Å²) in [5.41, 5.74) is 4.12. The van der Waals surface area contributed by atoms with E-state index in [4.69, 9.17) is 14.8 Å². The maximum atomic E-state index is 12.9. The number of ether oxygens (including phenoxy) is 1. The van der Waals surface area contributed by atoms with E-state index in [0.717, 1.165) is 50.9 Å². The predicted molar refractivity (Wildman–Crippen MR) is 122 cm³/mol. The van der Waals surface area contributed by atoms with E-state index in [-0.39, 0.29) is 6.03 Å². The summed E-state index contributed by atoms with van der Waals surface area (Å²) in [5.74, 6) is 1.51. The van der Waals surface area contributed by atoms with Gasteiger partial charge in [0.05, 0.1) is 19.3 Å². The van der Waals surface area contributed by atoms with Crippen LogP contribution in [0.2, 0.25) is 0 Å². The summed E-state index contributed by atoms with van der Waals surface area (Å²) < 4.78 is 7.15. The second-order valence-electron chi connectivity index (χ2n) is 7.44. The summed E-state index contributed by atoms with van der Waals surface area (Å²) >= 11 is 1.60. The average Bonchev–Trinajstić information content (AvgIpc) is 3.37. The van der Waals surface area contributed by atoms with Crippen LogP contribution in [0.3, 0.4) is 0 Å². The first-order chi connectivity index (χ1) is 15.2. The molecule has 0 atom stereocenters. The molecule has 3 heterocycles. The lowest BCUT2D eigenvalue weighted by atomic mass is 10.1. The van der Waals surface area contributed by atoms with Crippen molar-refractivity contribution >= 4 is 28.0 Å². The molecule has 31 heavy (non-hydrogen) atoms. The number of anilines is 1. The highest BCUT2D eigenvalue weighted by molar-refractivity contribution is 7.17. The number of nitrogens with zero attached hydrogens (tertiary/aromatic N) is 4. The van der Waals surface area contributed by atoms with Gasteiger partial charge in [0, 0.05) is 29.1 Å². The van der Waals surface area contributed by atoms with Gasteiger partial charge in [0.2, 0.25) is 4.96 Å². The Hall–Kier alpha value is -3.39. The topological polar surface area (TPSA) is 71.8 Å². The van der Waals surface area contributed by atoms with Crippen LogP contribution >= 0.6 is 11.3 Å². The van der Waals surface area contributed by atoms with E-state index in [1.165, 1.54) is 0 Å². The van der Waals surface area contributed by atoms with E-state index in [0.29, 0.717) is 18.9 Å². The molecule has 0 saturated carbocycles. The number of amides is 2. The van der Waals surface area contributed by atoms with Gasteiger partial charge in [-0.15, -0.1) is 5.10 Å². The van der Waals surface area contributed by atoms with Crippen molar-refractivity contribution in [3.8, 4) is 17.1 Å². The number of carbonyl (C=O) groups excluding carboxylic acids is 1. The quantitative estimate of drug-likeness (QED) is 0.510. The zero-order chi connectivity index (χ0) is 21.4. The van der Waals surface area contributed by atoms with Gasteiger partial charge in [0.1, 0.15) is 5.75 Å². The second kappa shape index (κ2) is 8.03. The Balaban J connectivity index is 1.35. The highest BCUT2D eigenvalue weighted by atomic mass is 32.1. The van der Waals surface area contributed by atoms with Crippen molar-refractivity contribution < 1.29 is 9.53 Å². The molecule has 2 aromatic carbocycles. The molecule has 5 rings (SSSR count). The number of hydrogen-bond donors (Lipinski definition) is 1. The van der Waals surface area contributed by atoms with Crippen molar-refractivity contribution in [3.05, 3.63) is 64.7 Å². The normalized spacial score (nSPS) is 13.3. The summed E-state index contributed by atoms with van der Waals surface area (Å²) in [4.78, 5) is 21.4. The van der Waals surface area contributed by atoms with Gasteiger partial charge in [0.15, 0.2) is 5.82 Å². The van der Waals surface area contributed by atoms with Gasteiger partial charge in [-0.2, -0.15) is 4.98 Å². The monoisotopic (exact) mass is 433 g/mol. The van der Waals surface area contributed by atoms with Crippen molar-refractivity contribution in [3.63, 3.8) is 0 Å². The van der Waals surface area contributed by atoms with Gasteiger partial charge in [-0.1, -0.05) is 36.5 Å². The van der Waals surface area contributed by atoms with E-state index in [2.05, 4.69) is 12.2 Å². The Bertz CT molecular complexity index is 1240. The zero-order valence-corrected chi connectivity index (χ0v) is 18.3. The van der Waals surface area contributed by atoms with Crippen molar-refractivity contribution in [2.75, 3.05) is 19.0 Å². The number of thiazole rings is 1. The SMILES string of the molecule is CCc1ccccc1NC(=O)N1CCc2c(sc3nc(-c4ccc(OC)cc4)nn23)C1. The number of fused-ring (bicyclic) bond motifs is 3. The Morgan fingerprint density at radius 3 is 2.77 bits per heavy atom. The fraction of sp³-hybridized carbons (Fsp3) is 0.261. The summed E-state index contributed by atoms with van der Waals surface area (Å²) in [6, 6.07) is 15.6. The van der Waals surface area contributed by atoms with E-state index >= 15 is 0 Å². The number of benzene rings is 2. The van der Waals surface area contributed by atoms with Crippen LogP contribution in [0, 0.1) is 0 Å². The van der Waals surface area contributed by atoms with Crippen LogP contribution < -0.4 is 10.1 Å². The van der Waals surface area contributed by atoms with Crippen LogP contribution in [0.5, 0.6) is 5.75 Å². The third kappa shape index (κ3) is 3.63. The molecule has 1 aliphatic rings. The van der Waals surface area contributed by atoms with Gasteiger partial charge in [0.25, 0.3) is 0 Å². The number of methoxy groups -OCH3 is 1. The number of rotatable bonds is 4. The van der Waals surface area contributed by atoms with Crippen molar-refractivity contribution in [2.45, 2.75) is 26.3 Å². The third-order valence-electron chi connectivity index (χ3n) is 5.60. The van der Waals surface area contributed by atoms with Crippen molar-refractivity contribution in [2.24, 2.45) is 0 Å². The molecule has 0 bridgehead atoms. The minimum atomic E-state index is -0.0653. The van der Waals surface area contributed by atoms with E-state index < -0.39 is 0 Å². The molecule has 0 radical (unpaired) electrons. The fourth-order valence-electron chi connectivity index (χ4n) is 3.87. The smallest absolute Gasteiger partial charge is 0.322 e. The fourth-order valence-corrected chi connectivity index (χ4v) is 4.99. The Morgan fingerprint density at radius 1 is 1.19 bits per heavy atom. The summed E-state index contributed by atoms with van der Waals surface area (Å²) in [6.07, 6.45) is 1.63. The van der Waals surface area contributed by atoms with E-state index in [9.17, 15) is 4.79 Å². The summed E-state index contributed by atoms with van der Waals surface area (Å²) in [5, 5.41) is 7.80. The molecule has 0 saturated heterocycles. The number of carbonyl (C=O) groups is 1. The van der Waals surface area contributed by atoms with E-state index in [1.807, 2.05) is 57.9 Å². The molecule has 0 aliphatic carbocycles. The molecule has 1 aliphatic heterocycles. The Labute approximate surface area is 184 Å². The van der Waals surface area contributed by atoms with Crippen LogP contribution in [0.15, 0.2) is 48.5 Å². The first kappa shape index (κ1) is 19.6. The highest BCUT2D eigenvalue weighted by Crippen LogP contribution is 2.30. The number of aromatic nitrogens is 3. The molecule has 2 amide bonds. The average molecular weight is 434 g/mol. The highest BCUT2D eigenvalue weighted by Gasteiger charge is 2.26. The summed E-state index contributed by atoms with van der Waals surface area (Å²) in [6.45, 7) is 3.31. The molecular formula is C23H23N5O2S. The van der Waals surface area contributed by atoms with Crippen molar-refractivity contribution in [1.29, 1.82) is 0 Å². The number of nitrogens with one attached hydrogen (secondary N) is 1. The largest absolute Gasteiger partial charge is 0.497 e. The molecule has 4 aromatic rings. The molecule has 7 nitrogen and oxygen atoms in total. The van der Waals surface area contributed by atoms with Crippen LogP contribution in [-0.2, 0) is 19.4 Å². The molecule has 0 unspecified atom stereocenters. The van der Waals surface area contributed by atoms with Gasteiger partial charge in [-0.3, -0.25) is 0 Å². The van der Waals surface area contributed by atoms with Gasteiger partial charge >= 0.3 is 6.03 Å². The number of urea groups is 1. The lowest BCUT2D eigenvalue weighted by Gasteiger charge is -2.27. The number of para-hydroxylation sites is 1. The maximum Gasteiger partial charge on any atom is 0.322 e. The summed E-state index contributed by atoms with van der Waals surface area (Å²) in [7, 11) is 1.65. The maximum absolute atomic E-state index is 12.9. The zero-order valence-electron chi connectivity index (χ0n) is 17.5. The number of aryl methyl sites for hydroxylation is 1. The Kier molecular flexibility index (Phi) is 5.07. The predicted octanol–water partition coefficient (Wildman–Crippen LogP) is 4.62. The Morgan fingerprint density at radius 2 is 2.00 bits per heavy atom. The minimum absolute atomic E-state index is 0.0653. The van der Waals surface area contributed by atoms with Gasteiger partial charge in [-0.25, -0.2) is 9.31 Å². The van der Waals surface area contributed by atoms with Crippen LogP contribution in [-0.4, -0.2) is 39.2 Å². The lowest BCUT2D eigenvalue weighted by Crippen LogP contribution is -2.38. The minimum Gasteiger partial charge on any atom is -0.497 e.